The van der Waals surface area contributed by atoms with Crippen molar-refractivity contribution in [2.75, 3.05) is 0 Å². The van der Waals surface area contributed by atoms with Crippen LogP contribution < -0.4 is 4.72 Å². The maximum Gasteiger partial charge on any atom is 0.322 e. The minimum Gasteiger partial charge on any atom is -0.480 e. The fraction of sp³-hybridized carbons (Fsp3) is 0.364. The molecular formula is C11H13F2NO4S. The number of hydrogen-bond acceptors (Lipinski definition) is 3. The van der Waals surface area contributed by atoms with E-state index in [1.807, 2.05) is 0 Å². The van der Waals surface area contributed by atoms with Crippen molar-refractivity contribution >= 4 is 16.0 Å². The zero-order chi connectivity index (χ0) is 14.8. The maximum absolute atomic E-state index is 13.4. The highest BCUT2D eigenvalue weighted by atomic mass is 32.2. The second-order valence-electron chi connectivity index (χ2n) is 4.23. The lowest BCUT2D eigenvalue weighted by Crippen LogP contribution is -2.44. The molecule has 0 spiro atoms. The number of hydrogen-bond donors (Lipinski definition) is 2. The Labute approximate surface area is 109 Å². The highest BCUT2D eigenvalue weighted by molar-refractivity contribution is 7.89. The standard InChI is InChI=1S/C11H13F2NO4S/c1-6(2)9(11(15)16)14-19(17,18)10-7(12)4-3-5-8(10)13/h3-6,9,14H,1-2H3,(H,15,16)/t9-/m1/s1. The third-order valence-corrected chi connectivity index (χ3v) is 3.89. The van der Waals surface area contributed by atoms with Gasteiger partial charge in [-0.2, -0.15) is 4.72 Å². The summed E-state index contributed by atoms with van der Waals surface area (Å²) in [5.41, 5.74) is 0. The topological polar surface area (TPSA) is 83.5 Å². The van der Waals surface area contributed by atoms with Crippen molar-refractivity contribution < 1.29 is 27.1 Å². The SMILES string of the molecule is CC(C)[C@@H](NS(=O)(=O)c1c(F)cccc1F)C(=O)O. The summed E-state index contributed by atoms with van der Waals surface area (Å²) in [5, 5.41) is 8.88. The fourth-order valence-electron chi connectivity index (χ4n) is 1.44. The molecule has 0 bridgehead atoms. The molecule has 0 unspecified atom stereocenters. The monoisotopic (exact) mass is 293 g/mol. The van der Waals surface area contributed by atoms with E-state index >= 15 is 0 Å². The Bertz CT molecular complexity index is 566. The van der Waals surface area contributed by atoms with E-state index in [1.165, 1.54) is 13.8 Å². The first-order chi connectivity index (χ1) is 8.66. The van der Waals surface area contributed by atoms with Gasteiger partial charge in [-0.05, 0) is 18.1 Å². The van der Waals surface area contributed by atoms with Gasteiger partial charge in [-0.1, -0.05) is 19.9 Å². The van der Waals surface area contributed by atoms with E-state index in [9.17, 15) is 22.0 Å². The van der Waals surface area contributed by atoms with Gasteiger partial charge in [-0.15, -0.1) is 0 Å². The predicted molar refractivity (Wildman–Crippen MR) is 62.9 cm³/mol. The largest absolute Gasteiger partial charge is 0.480 e. The Hall–Kier alpha value is -1.54. The summed E-state index contributed by atoms with van der Waals surface area (Å²) in [6.45, 7) is 2.94. The van der Waals surface area contributed by atoms with Crippen molar-refractivity contribution in [2.45, 2.75) is 24.8 Å². The van der Waals surface area contributed by atoms with Gasteiger partial charge in [0.1, 0.15) is 17.7 Å². The zero-order valence-corrected chi connectivity index (χ0v) is 11.0. The highest BCUT2D eigenvalue weighted by Gasteiger charge is 2.31. The smallest absolute Gasteiger partial charge is 0.322 e. The van der Waals surface area contributed by atoms with E-state index in [-0.39, 0.29) is 0 Å². The number of aliphatic carboxylic acids is 1. The number of carboxylic acid groups (broad SMARTS) is 1. The summed E-state index contributed by atoms with van der Waals surface area (Å²) in [4.78, 5) is 9.73. The molecule has 1 atom stereocenters. The van der Waals surface area contributed by atoms with Gasteiger partial charge in [-0.3, -0.25) is 4.79 Å². The van der Waals surface area contributed by atoms with Gasteiger partial charge in [-0.25, -0.2) is 17.2 Å². The number of carboxylic acids is 1. The van der Waals surface area contributed by atoms with Crippen LogP contribution in [0.2, 0.25) is 0 Å². The van der Waals surface area contributed by atoms with Crippen molar-refractivity contribution in [1.29, 1.82) is 0 Å². The quantitative estimate of drug-likeness (QED) is 0.858. The van der Waals surface area contributed by atoms with Gasteiger partial charge in [0.25, 0.3) is 0 Å². The van der Waals surface area contributed by atoms with Crippen molar-refractivity contribution in [3.8, 4) is 0 Å². The summed E-state index contributed by atoms with van der Waals surface area (Å²) in [6, 6.07) is 1.11. The molecule has 106 valence electrons. The van der Waals surface area contributed by atoms with Gasteiger partial charge in [0, 0.05) is 0 Å². The molecule has 1 aromatic rings. The molecule has 0 radical (unpaired) electrons. The van der Waals surface area contributed by atoms with Gasteiger partial charge >= 0.3 is 5.97 Å². The second-order valence-corrected chi connectivity index (χ2v) is 5.88. The van der Waals surface area contributed by atoms with E-state index in [4.69, 9.17) is 5.11 Å². The van der Waals surface area contributed by atoms with Crippen LogP contribution in [0.1, 0.15) is 13.8 Å². The first kappa shape index (κ1) is 15.5. The Kier molecular flexibility index (Phi) is 4.59. The first-order valence-corrected chi connectivity index (χ1v) is 6.84. The normalized spacial score (nSPS) is 13.5. The van der Waals surface area contributed by atoms with Crippen LogP contribution in [-0.2, 0) is 14.8 Å². The minimum atomic E-state index is -4.59. The number of halogens is 2. The van der Waals surface area contributed by atoms with Crippen LogP contribution in [0.3, 0.4) is 0 Å². The summed E-state index contributed by atoms with van der Waals surface area (Å²) in [7, 11) is -4.59. The molecule has 1 aromatic carbocycles. The van der Waals surface area contributed by atoms with Crippen molar-refractivity contribution in [3.63, 3.8) is 0 Å². The Morgan fingerprint density at radius 2 is 1.74 bits per heavy atom. The highest BCUT2D eigenvalue weighted by Crippen LogP contribution is 2.19. The Morgan fingerprint density at radius 3 is 2.11 bits per heavy atom. The second kappa shape index (κ2) is 5.62. The third-order valence-electron chi connectivity index (χ3n) is 2.40. The number of sulfonamides is 1. The number of benzene rings is 1. The number of carbonyl (C=O) groups is 1. The zero-order valence-electron chi connectivity index (χ0n) is 10.2. The molecule has 0 saturated heterocycles. The molecule has 5 nitrogen and oxygen atoms in total. The Morgan fingerprint density at radius 1 is 1.26 bits per heavy atom. The van der Waals surface area contributed by atoms with Crippen LogP contribution in [0, 0.1) is 17.6 Å². The summed E-state index contributed by atoms with van der Waals surface area (Å²) in [5.74, 6) is -4.56. The van der Waals surface area contributed by atoms with E-state index in [0.29, 0.717) is 0 Å². The molecule has 0 heterocycles. The molecule has 0 fully saturated rings. The fourth-order valence-corrected chi connectivity index (χ4v) is 2.91. The molecule has 19 heavy (non-hydrogen) atoms. The first-order valence-electron chi connectivity index (χ1n) is 5.36. The van der Waals surface area contributed by atoms with Crippen molar-refractivity contribution in [1.82, 2.24) is 4.72 Å². The van der Waals surface area contributed by atoms with Gasteiger partial charge < -0.3 is 5.11 Å². The summed E-state index contributed by atoms with van der Waals surface area (Å²) < 4.78 is 52.2. The summed E-state index contributed by atoms with van der Waals surface area (Å²) >= 11 is 0. The Balaban J connectivity index is 3.22. The molecule has 8 heteroatoms. The number of nitrogens with one attached hydrogen (secondary N) is 1. The summed E-state index contributed by atoms with van der Waals surface area (Å²) in [6.07, 6.45) is 0. The molecule has 0 saturated carbocycles. The van der Waals surface area contributed by atoms with E-state index in [2.05, 4.69) is 0 Å². The van der Waals surface area contributed by atoms with Crippen molar-refractivity contribution in [3.05, 3.63) is 29.8 Å². The average Bonchev–Trinajstić information content (AvgIpc) is 2.24. The molecule has 0 aliphatic heterocycles. The lowest BCUT2D eigenvalue weighted by atomic mass is 10.1. The van der Waals surface area contributed by atoms with E-state index in [1.54, 1.807) is 4.72 Å². The molecular weight excluding hydrogens is 280 g/mol. The van der Waals surface area contributed by atoms with Crippen LogP contribution in [0.5, 0.6) is 0 Å². The van der Waals surface area contributed by atoms with Gasteiger partial charge in [0.05, 0.1) is 0 Å². The van der Waals surface area contributed by atoms with E-state index in [0.717, 1.165) is 18.2 Å². The number of rotatable bonds is 5. The maximum atomic E-state index is 13.4. The molecule has 0 aliphatic carbocycles. The lowest BCUT2D eigenvalue weighted by molar-refractivity contribution is -0.140. The van der Waals surface area contributed by atoms with Crippen LogP contribution in [0.4, 0.5) is 8.78 Å². The average molecular weight is 293 g/mol. The predicted octanol–water partition coefficient (Wildman–Crippen LogP) is 1.35. The molecule has 1 rings (SSSR count). The molecule has 0 amide bonds. The van der Waals surface area contributed by atoms with Crippen molar-refractivity contribution in [2.24, 2.45) is 5.92 Å². The minimum absolute atomic E-state index is 0.581. The van der Waals surface area contributed by atoms with Crippen LogP contribution >= 0.6 is 0 Å². The molecule has 0 aromatic heterocycles. The lowest BCUT2D eigenvalue weighted by Gasteiger charge is -2.18. The molecule has 0 aliphatic rings. The molecule has 2 N–H and O–H groups in total. The van der Waals surface area contributed by atoms with E-state index < -0.39 is 44.5 Å². The third kappa shape index (κ3) is 3.48. The van der Waals surface area contributed by atoms with Gasteiger partial charge in [0.2, 0.25) is 10.0 Å². The van der Waals surface area contributed by atoms with Crippen LogP contribution in [0.25, 0.3) is 0 Å². The van der Waals surface area contributed by atoms with Crippen LogP contribution in [0.15, 0.2) is 23.1 Å². The van der Waals surface area contributed by atoms with Crippen LogP contribution in [-0.4, -0.2) is 25.5 Å². The van der Waals surface area contributed by atoms with Gasteiger partial charge in [0.15, 0.2) is 4.90 Å².